The van der Waals surface area contributed by atoms with Gasteiger partial charge in [0.1, 0.15) is 11.5 Å². The highest BCUT2D eigenvalue weighted by molar-refractivity contribution is 7.09. The van der Waals surface area contributed by atoms with E-state index in [0.29, 0.717) is 12.1 Å². The van der Waals surface area contributed by atoms with Gasteiger partial charge in [-0.2, -0.15) is 0 Å². The lowest BCUT2D eigenvalue weighted by atomic mass is 10.2. The number of aromatic nitrogens is 1. The van der Waals surface area contributed by atoms with Gasteiger partial charge in [-0.3, -0.25) is 4.79 Å². The monoisotopic (exact) mass is 256 g/mol. The number of hydrogen-bond donors (Lipinski definition) is 2. The number of carbonyl (C=O) groups is 1. The lowest BCUT2D eigenvalue weighted by Gasteiger charge is -2.23. The van der Waals surface area contributed by atoms with E-state index in [4.69, 9.17) is 10.9 Å². The van der Waals surface area contributed by atoms with Gasteiger partial charge in [0.15, 0.2) is 0 Å². The number of amidine groups is 1. The van der Waals surface area contributed by atoms with Gasteiger partial charge in [0.05, 0.1) is 5.01 Å². The summed E-state index contributed by atoms with van der Waals surface area (Å²) in [7, 11) is 1.67. The predicted molar refractivity (Wildman–Crippen MR) is 66.4 cm³/mol. The lowest BCUT2D eigenvalue weighted by molar-refractivity contribution is 0.0742. The van der Waals surface area contributed by atoms with Crippen molar-refractivity contribution in [1.82, 2.24) is 9.88 Å². The molecule has 1 aromatic heterocycles. The molecule has 1 rings (SSSR count). The van der Waals surface area contributed by atoms with Gasteiger partial charge in [0.25, 0.3) is 5.91 Å². The lowest BCUT2D eigenvalue weighted by Crippen LogP contribution is -2.38. The Kier molecular flexibility index (Phi) is 4.45. The van der Waals surface area contributed by atoms with Crippen LogP contribution in [0.3, 0.4) is 0 Å². The number of aryl methyl sites for hydroxylation is 1. The molecule has 17 heavy (non-hydrogen) atoms. The molecule has 94 valence electrons. The molecule has 0 bridgehead atoms. The van der Waals surface area contributed by atoms with Gasteiger partial charge in [-0.1, -0.05) is 5.16 Å². The maximum atomic E-state index is 12.0. The molecular weight excluding hydrogens is 240 g/mol. The fourth-order valence-corrected chi connectivity index (χ4v) is 1.91. The van der Waals surface area contributed by atoms with E-state index >= 15 is 0 Å². The van der Waals surface area contributed by atoms with Gasteiger partial charge in [0.2, 0.25) is 0 Å². The SMILES string of the molecule is Cc1nc(C(=O)N(C)C(C)CC(N)=NO)cs1. The van der Waals surface area contributed by atoms with Crippen LogP contribution in [-0.2, 0) is 0 Å². The Balaban J connectivity index is 2.69. The third-order valence-electron chi connectivity index (χ3n) is 2.45. The van der Waals surface area contributed by atoms with Crippen LogP contribution in [0.15, 0.2) is 10.5 Å². The topological polar surface area (TPSA) is 91.8 Å². The molecule has 0 fully saturated rings. The van der Waals surface area contributed by atoms with Crippen molar-refractivity contribution in [2.45, 2.75) is 26.3 Å². The summed E-state index contributed by atoms with van der Waals surface area (Å²) in [6, 6.07) is -0.152. The third-order valence-corrected chi connectivity index (χ3v) is 3.23. The van der Waals surface area contributed by atoms with Crippen LogP contribution in [0.4, 0.5) is 0 Å². The molecule has 1 unspecified atom stereocenters. The Morgan fingerprint density at radius 1 is 1.76 bits per heavy atom. The summed E-state index contributed by atoms with van der Waals surface area (Å²) in [5.74, 6) is -0.0563. The predicted octanol–water partition coefficient (Wildman–Crippen LogP) is 1.05. The van der Waals surface area contributed by atoms with Crippen LogP contribution in [0.1, 0.15) is 28.8 Å². The van der Waals surface area contributed by atoms with Crippen LogP contribution >= 0.6 is 11.3 Å². The van der Waals surface area contributed by atoms with Crippen molar-refractivity contribution in [2.24, 2.45) is 10.9 Å². The summed E-state index contributed by atoms with van der Waals surface area (Å²) in [6.45, 7) is 3.68. The molecule has 0 aliphatic rings. The van der Waals surface area contributed by atoms with Crippen LogP contribution in [0.2, 0.25) is 0 Å². The van der Waals surface area contributed by atoms with E-state index in [1.165, 1.54) is 16.2 Å². The smallest absolute Gasteiger partial charge is 0.273 e. The first kappa shape index (κ1) is 13.4. The molecule has 0 radical (unpaired) electrons. The fourth-order valence-electron chi connectivity index (χ4n) is 1.32. The van der Waals surface area contributed by atoms with Crippen molar-refractivity contribution >= 4 is 23.1 Å². The normalized spacial score (nSPS) is 13.5. The summed E-state index contributed by atoms with van der Waals surface area (Å²) >= 11 is 1.43. The van der Waals surface area contributed by atoms with Crippen LogP contribution in [0, 0.1) is 6.92 Å². The Morgan fingerprint density at radius 3 is 2.88 bits per heavy atom. The van der Waals surface area contributed by atoms with Gasteiger partial charge in [0, 0.05) is 24.9 Å². The molecule has 1 heterocycles. The third kappa shape index (κ3) is 3.42. The summed E-state index contributed by atoms with van der Waals surface area (Å²) in [5, 5.41) is 13.9. The highest BCUT2D eigenvalue weighted by Crippen LogP contribution is 2.12. The zero-order valence-corrected chi connectivity index (χ0v) is 10.9. The van der Waals surface area contributed by atoms with Crippen molar-refractivity contribution in [1.29, 1.82) is 0 Å². The van der Waals surface area contributed by atoms with Crippen molar-refractivity contribution in [3.63, 3.8) is 0 Å². The van der Waals surface area contributed by atoms with Crippen molar-refractivity contribution in [3.8, 4) is 0 Å². The second kappa shape index (κ2) is 5.62. The van der Waals surface area contributed by atoms with Gasteiger partial charge in [-0.15, -0.1) is 11.3 Å². The second-order valence-corrected chi connectivity index (χ2v) is 4.87. The van der Waals surface area contributed by atoms with E-state index in [1.807, 2.05) is 13.8 Å². The van der Waals surface area contributed by atoms with E-state index in [-0.39, 0.29) is 17.8 Å². The first-order valence-corrected chi connectivity index (χ1v) is 5.99. The molecule has 1 atom stereocenters. The number of oxime groups is 1. The molecule has 0 aromatic carbocycles. The quantitative estimate of drug-likeness (QED) is 0.364. The van der Waals surface area contributed by atoms with Crippen LogP contribution in [-0.4, -0.2) is 39.9 Å². The zero-order chi connectivity index (χ0) is 13.0. The Bertz CT molecular complexity index is 430. The average molecular weight is 256 g/mol. The van der Waals surface area contributed by atoms with Crippen molar-refractivity contribution in [2.75, 3.05) is 7.05 Å². The number of nitrogens with zero attached hydrogens (tertiary/aromatic N) is 3. The molecule has 0 aliphatic carbocycles. The molecule has 3 N–H and O–H groups in total. The van der Waals surface area contributed by atoms with E-state index < -0.39 is 0 Å². The first-order valence-electron chi connectivity index (χ1n) is 5.11. The maximum Gasteiger partial charge on any atom is 0.273 e. The van der Waals surface area contributed by atoms with Gasteiger partial charge < -0.3 is 15.8 Å². The molecule has 1 amide bonds. The number of carbonyl (C=O) groups excluding carboxylic acids is 1. The summed E-state index contributed by atoms with van der Waals surface area (Å²) in [5.41, 5.74) is 5.83. The molecule has 1 aromatic rings. The van der Waals surface area contributed by atoms with Crippen LogP contribution in [0.5, 0.6) is 0 Å². The molecule has 0 aliphatic heterocycles. The number of rotatable bonds is 4. The van der Waals surface area contributed by atoms with E-state index in [9.17, 15) is 4.79 Å². The minimum atomic E-state index is -0.160. The summed E-state index contributed by atoms with van der Waals surface area (Å²) < 4.78 is 0. The largest absolute Gasteiger partial charge is 0.409 e. The van der Waals surface area contributed by atoms with Crippen LogP contribution in [0.25, 0.3) is 0 Å². The van der Waals surface area contributed by atoms with Gasteiger partial charge >= 0.3 is 0 Å². The Hall–Kier alpha value is -1.63. The first-order chi connectivity index (χ1) is 7.95. The average Bonchev–Trinajstić information content (AvgIpc) is 2.73. The second-order valence-electron chi connectivity index (χ2n) is 3.81. The molecule has 0 saturated carbocycles. The maximum absolute atomic E-state index is 12.0. The number of amides is 1. The standard InChI is InChI=1S/C10H16N4O2S/c1-6(4-9(11)13-16)14(3)10(15)8-5-17-7(2)12-8/h5-6,16H,4H2,1-3H3,(H2,11,13). The van der Waals surface area contributed by atoms with Crippen molar-refractivity contribution in [3.05, 3.63) is 16.1 Å². The number of hydrogen-bond acceptors (Lipinski definition) is 5. The summed E-state index contributed by atoms with van der Waals surface area (Å²) in [4.78, 5) is 17.7. The van der Waals surface area contributed by atoms with Gasteiger partial charge in [-0.05, 0) is 13.8 Å². The van der Waals surface area contributed by atoms with Crippen molar-refractivity contribution < 1.29 is 10.0 Å². The number of nitrogens with two attached hydrogens (primary N) is 1. The fraction of sp³-hybridized carbons (Fsp3) is 0.500. The van der Waals surface area contributed by atoms with E-state index in [0.717, 1.165) is 5.01 Å². The van der Waals surface area contributed by atoms with E-state index in [2.05, 4.69) is 10.1 Å². The van der Waals surface area contributed by atoms with E-state index in [1.54, 1.807) is 12.4 Å². The Labute approximate surface area is 104 Å². The highest BCUT2D eigenvalue weighted by atomic mass is 32.1. The molecule has 0 saturated heterocycles. The molecular formula is C10H16N4O2S. The Morgan fingerprint density at radius 2 is 2.41 bits per heavy atom. The molecule has 7 heteroatoms. The summed E-state index contributed by atoms with van der Waals surface area (Å²) in [6.07, 6.45) is 0.321. The van der Waals surface area contributed by atoms with Gasteiger partial charge in [-0.25, -0.2) is 4.98 Å². The molecule has 6 nitrogen and oxygen atoms in total. The zero-order valence-electron chi connectivity index (χ0n) is 10.0. The van der Waals surface area contributed by atoms with Crippen LogP contribution < -0.4 is 5.73 Å². The molecule has 0 spiro atoms. The minimum Gasteiger partial charge on any atom is -0.409 e. The highest BCUT2D eigenvalue weighted by Gasteiger charge is 2.20. The minimum absolute atomic E-state index is 0.103. The number of thiazole rings is 1.